The maximum absolute atomic E-state index is 5.79. The van der Waals surface area contributed by atoms with Crippen molar-refractivity contribution < 1.29 is 0 Å². The lowest BCUT2D eigenvalue weighted by atomic mass is 9.96. The van der Waals surface area contributed by atoms with Crippen LogP contribution in [0.1, 0.15) is 28.3 Å². The van der Waals surface area contributed by atoms with Crippen LogP contribution >= 0.6 is 0 Å². The summed E-state index contributed by atoms with van der Waals surface area (Å²) in [4.78, 5) is 4.52. The molecule has 0 spiro atoms. The third-order valence-electron chi connectivity index (χ3n) is 3.98. The van der Waals surface area contributed by atoms with Crippen LogP contribution in [0.2, 0.25) is 0 Å². The Kier molecular flexibility index (Phi) is 3.69. The van der Waals surface area contributed by atoms with Gasteiger partial charge in [0.1, 0.15) is 0 Å². The first-order chi connectivity index (χ1) is 10.2. The Morgan fingerprint density at radius 1 is 0.952 bits per heavy atom. The van der Waals surface area contributed by atoms with Gasteiger partial charge in [-0.3, -0.25) is 10.8 Å². The first kappa shape index (κ1) is 13.7. The molecule has 0 fully saturated rings. The van der Waals surface area contributed by atoms with Crippen LogP contribution in [0.4, 0.5) is 0 Å². The minimum absolute atomic E-state index is 0.0543. The standard InChI is InChI=1S/C18H19N3/c1-12-7-8-15(9-13(12)2)18(21-19)16-10-14-5-3-4-6-17(14)20-11-16/h3-11,18,21H,19H2,1-2H3. The van der Waals surface area contributed by atoms with Crippen LogP contribution in [-0.4, -0.2) is 4.98 Å². The van der Waals surface area contributed by atoms with Gasteiger partial charge in [-0.1, -0.05) is 36.4 Å². The number of benzene rings is 2. The zero-order valence-corrected chi connectivity index (χ0v) is 12.3. The SMILES string of the molecule is Cc1ccc(C(NN)c2cnc3ccccc3c2)cc1C. The maximum Gasteiger partial charge on any atom is 0.0725 e. The number of nitrogens with two attached hydrogens (primary N) is 1. The Balaban J connectivity index is 2.06. The highest BCUT2D eigenvalue weighted by molar-refractivity contribution is 5.79. The minimum Gasteiger partial charge on any atom is -0.271 e. The lowest BCUT2D eigenvalue weighted by molar-refractivity contribution is 0.635. The monoisotopic (exact) mass is 277 g/mol. The molecule has 106 valence electrons. The summed E-state index contributed by atoms with van der Waals surface area (Å²) in [6.45, 7) is 4.23. The molecule has 0 aliphatic carbocycles. The van der Waals surface area contributed by atoms with E-state index in [2.05, 4.69) is 54.6 Å². The first-order valence-corrected chi connectivity index (χ1v) is 7.07. The molecule has 3 heteroatoms. The number of para-hydroxylation sites is 1. The third kappa shape index (κ3) is 2.66. The molecule has 3 rings (SSSR count). The second-order valence-corrected chi connectivity index (χ2v) is 5.40. The predicted octanol–water partition coefficient (Wildman–Crippen LogP) is 3.40. The number of pyridine rings is 1. The number of hydrogen-bond acceptors (Lipinski definition) is 3. The van der Waals surface area contributed by atoms with E-state index in [1.807, 2.05) is 24.4 Å². The average molecular weight is 277 g/mol. The van der Waals surface area contributed by atoms with E-state index in [1.54, 1.807) is 0 Å². The van der Waals surface area contributed by atoms with Gasteiger partial charge in [0.15, 0.2) is 0 Å². The summed E-state index contributed by atoms with van der Waals surface area (Å²) in [5, 5.41) is 1.12. The van der Waals surface area contributed by atoms with Gasteiger partial charge in [0, 0.05) is 11.6 Å². The van der Waals surface area contributed by atoms with Crippen molar-refractivity contribution in [3.63, 3.8) is 0 Å². The summed E-state index contributed by atoms with van der Waals surface area (Å²) in [6, 6.07) is 16.6. The molecule has 3 nitrogen and oxygen atoms in total. The van der Waals surface area contributed by atoms with Crippen LogP contribution < -0.4 is 11.3 Å². The number of fused-ring (bicyclic) bond motifs is 1. The Bertz CT molecular complexity index is 780. The van der Waals surface area contributed by atoms with E-state index in [-0.39, 0.29) is 6.04 Å². The van der Waals surface area contributed by atoms with Crippen LogP contribution in [0.3, 0.4) is 0 Å². The van der Waals surface area contributed by atoms with Gasteiger partial charge >= 0.3 is 0 Å². The molecule has 1 aromatic heterocycles. The second-order valence-electron chi connectivity index (χ2n) is 5.40. The van der Waals surface area contributed by atoms with Crippen molar-refractivity contribution in [2.24, 2.45) is 5.84 Å². The van der Waals surface area contributed by atoms with Crippen molar-refractivity contribution in [2.45, 2.75) is 19.9 Å². The lowest BCUT2D eigenvalue weighted by Crippen LogP contribution is -2.29. The summed E-state index contributed by atoms with van der Waals surface area (Å²) in [6.07, 6.45) is 1.89. The van der Waals surface area contributed by atoms with E-state index in [0.717, 1.165) is 22.0 Å². The van der Waals surface area contributed by atoms with Crippen molar-refractivity contribution >= 4 is 10.9 Å². The van der Waals surface area contributed by atoms with Crippen molar-refractivity contribution in [1.82, 2.24) is 10.4 Å². The second kappa shape index (κ2) is 5.64. The summed E-state index contributed by atoms with van der Waals surface area (Å²) >= 11 is 0. The molecule has 0 bridgehead atoms. The fraction of sp³-hybridized carbons (Fsp3) is 0.167. The molecule has 1 atom stereocenters. The molecule has 3 aromatic rings. The fourth-order valence-corrected chi connectivity index (χ4v) is 2.58. The smallest absolute Gasteiger partial charge is 0.0725 e. The van der Waals surface area contributed by atoms with Crippen LogP contribution in [0.5, 0.6) is 0 Å². The van der Waals surface area contributed by atoms with E-state index in [1.165, 1.54) is 11.1 Å². The van der Waals surface area contributed by atoms with Crippen LogP contribution in [0, 0.1) is 13.8 Å². The van der Waals surface area contributed by atoms with Gasteiger partial charge in [-0.15, -0.1) is 0 Å². The number of nitrogens with one attached hydrogen (secondary N) is 1. The van der Waals surface area contributed by atoms with Gasteiger partial charge in [-0.25, -0.2) is 5.43 Å². The molecule has 0 aliphatic rings. The molecular formula is C18H19N3. The van der Waals surface area contributed by atoms with Crippen molar-refractivity contribution in [2.75, 3.05) is 0 Å². The number of aryl methyl sites for hydroxylation is 2. The topological polar surface area (TPSA) is 50.9 Å². The van der Waals surface area contributed by atoms with E-state index >= 15 is 0 Å². The van der Waals surface area contributed by atoms with Crippen LogP contribution in [-0.2, 0) is 0 Å². The lowest BCUT2D eigenvalue weighted by Gasteiger charge is -2.18. The Labute approximate surface area is 124 Å². The molecule has 0 amide bonds. The molecular weight excluding hydrogens is 258 g/mol. The van der Waals surface area contributed by atoms with Gasteiger partial charge in [-0.2, -0.15) is 0 Å². The van der Waals surface area contributed by atoms with Crippen molar-refractivity contribution in [3.05, 3.63) is 77.0 Å². The highest BCUT2D eigenvalue weighted by atomic mass is 15.2. The molecule has 1 unspecified atom stereocenters. The van der Waals surface area contributed by atoms with E-state index in [0.29, 0.717) is 0 Å². The fourth-order valence-electron chi connectivity index (χ4n) is 2.58. The van der Waals surface area contributed by atoms with Gasteiger partial charge in [0.05, 0.1) is 11.6 Å². The summed E-state index contributed by atoms with van der Waals surface area (Å²) in [7, 11) is 0. The molecule has 0 saturated carbocycles. The number of aromatic nitrogens is 1. The maximum atomic E-state index is 5.79. The summed E-state index contributed by atoms with van der Waals surface area (Å²) in [5.41, 5.74) is 8.67. The molecule has 21 heavy (non-hydrogen) atoms. The Morgan fingerprint density at radius 3 is 2.52 bits per heavy atom. The largest absolute Gasteiger partial charge is 0.271 e. The Hall–Kier alpha value is -2.23. The molecule has 0 radical (unpaired) electrons. The first-order valence-electron chi connectivity index (χ1n) is 7.07. The van der Waals surface area contributed by atoms with E-state index in [9.17, 15) is 0 Å². The van der Waals surface area contributed by atoms with Gasteiger partial charge < -0.3 is 0 Å². The number of hydrogen-bond donors (Lipinski definition) is 2. The molecule has 0 aliphatic heterocycles. The van der Waals surface area contributed by atoms with Gasteiger partial charge in [0.25, 0.3) is 0 Å². The number of rotatable bonds is 3. The normalized spacial score (nSPS) is 12.5. The van der Waals surface area contributed by atoms with Crippen molar-refractivity contribution in [1.29, 1.82) is 0 Å². The zero-order chi connectivity index (χ0) is 14.8. The molecule has 0 saturated heterocycles. The van der Waals surface area contributed by atoms with Crippen molar-refractivity contribution in [3.8, 4) is 0 Å². The predicted molar refractivity (Wildman–Crippen MR) is 86.8 cm³/mol. The highest BCUT2D eigenvalue weighted by Crippen LogP contribution is 2.25. The zero-order valence-electron chi connectivity index (χ0n) is 12.3. The average Bonchev–Trinajstić information content (AvgIpc) is 2.51. The van der Waals surface area contributed by atoms with Crippen LogP contribution in [0.15, 0.2) is 54.7 Å². The van der Waals surface area contributed by atoms with E-state index < -0.39 is 0 Å². The molecule has 1 heterocycles. The summed E-state index contributed by atoms with van der Waals surface area (Å²) in [5.74, 6) is 5.79. The summed E-state index contributed by atoms with van der Waals surface area (Å²) < 4.78 is 0. The molecule has 3 N–H and O–H groups in total. The van der Waals surface area contributed by atoms with Gasteiger partial charge in [0.2, 0.25) is 0 Å². The third-order valence-corrected chi connectivity index (χ3v) is 3.98. The minimum atomic E-state index is -0.0543. The number of hydrazine groups is 1. The number of nitrogens with zero attached hydrogens (tertiary/aromatic N) is 1. The van der Waals surface area contributed by atoms with Crippen LogP contribution in [0.25, 0.3) is 10.9 Å². The quantitative estimate of drug-likeness (QED) is 0.570. The molecule has 2 aromatic carbocycles. The Morgan fingerprint density at radius 2 is 1.76 bits per heavy atom. The highest BCUT2D eigenvalue weighted by Gasteiger charge is 2.14. The van der Waals surface area contributed by atoms with E-state index in [4.69, 9.17) is 5.84 Å². The van der Waals surface area contributed by atoms with Gasteiger partial charge in [-0.05, 0) is 48.2 Å².